The number of nitrogens with one attached hydrogen (secondary N) is 2. The number of nitrogens with zero attached hydrogens (tertiary/aromatic N) is 2. The van der Waals surface area contributed by atoms with Crippen molar-refractivity contribution in [3.8, 4) is 0 Å². The lowest BCUT2D eigenvalue weighted by Gasteiger charge is -2.24. The minimum Gasteiger partial charge on any atom is -0.370 e. The predicted molar refractivity (Wildman–Crippen MR) is 81.2 cm³/mol. The molecule has 1 atom stereocenters. The van der Waals surface area contributed by atoms with Gasteiger partial charge in [0.1, 0.15) is 11.1 Å². The summed E-state index contributed by atoms with van der Waals surface area (Å²) in [5, 5.41) is 11.5. The quantitative estimate of drug-likeness (QED) is 0.647. The van der Waals surface area contributed by atoms with Gasteiger partial charge in [0.2, 0.25) is 10.0 Å². The van der Waals surface area contributed by atoms with Gasteiger partial charge in [-0.2, -0.15) is 0 Å². The van der Waals surface area contributed by atoms with Gasteiger partial charge in [0, 0.05) is 19.3 Å². The van der Waals surface area contributed by atoms with E-state index in [0.29, 0.717) is 0 Å². The lowest BCUT2D eigenvalue weighted by molar-refractivity contribution is 0.153. The van der Waals surface area contributed by atoms with E-state index < -0.39 is 22.3 Å². The van der Waals surface area contributed by atoms with Gasteiger partial charge < -0.3 is 10.4 Å². The largest absolute Gasteiger partial charge is 0.370 e. The topological polar surface area (TPSA) is 111 Å². The minimum absolute atomic E-state index is 0.0155. The van der Waals surface area contributed by atoms with E-state index in [0.717, 1.165) is 0 Å². The fourth-order valence-corrected chi connectivity index (χ4v) is 3.06. The second kappa shape index (κ2) is 6.69. The van der Waals surface area contributed by atoms with Crippen LogP contribution in [0.15, 0.2) is 46.4 Å². The molecule has 118 valence electrons. The fraction of sp³-hybridized carbons (Fsp3) is 0.231. The predicted octanol–water partition coefficient (Wildman–Crippen LogP) is 0.154. The van der Waals surface area contributed by atoms with Crippen LogP contribution in [0.5, 0.6) is 0 Å². The van der Waals surface area contributed by atoms with Crippen molar-refractivity contribution in [3.05, 3.63) is 36.5 Å². The van der Waals surface area contributed by atoms with Gasteiger partial charge in [-0.05, 0) is 24.9 Å². The van der Waals surface area contributed by atoms with Gasteiger partial charge >= 0.3 is 6.03 Å². The van der Waals surface area contributed by atoms with Crippen molar-refractivity contribution < 1.29 is 18.3 Å². The Hall–Kier alpha value is -2.23. The Morgan fingerprint density at radius 2 is 2.14 bits per heavy atom. The third kappa shape index (κ3) is 3.70. The molecule has 1 aliphatic rings. The molecule has 0 aliphatic carbocycles. The second-order valence-electron chi connectivity index (χ2n) is 4.45. The number of carbonyl (C=O) groups is 1. The zero-order valence-electron chi connectivity index (χ0n) is 11.6. The van der Waals surface area contributed by atoms with Gasteiger partial charge in [0.05, 0.1) is 5.69 Å². The fourth-order valence-electron chi connectivity index (χ4n) is 1.88. The Bertz CT molecular complexity index is 702. The van der Waals surface area contributed by atoms with Crippen molar-refractivity contribution in [2.75, 3.05) is 13.1 Å². The maximum absolute atomic E-state index is 12.2. The molecule has 0 bridgehead atoms. The molecule has 1 aromatic carbocycles. The molecular formula is C13H16N4O4S. The molecule has 9 heteroatoms. The monoisotopic (exact) mass is 324 g/mol. The SMILES string of the molecule is C=Nc1ccccc1S(=O)(=O)NCCN1C=CC(O)NC1=O. The van der Waals surface area contributed by atoms with E-state index in [1.165, 1.54) is 23.2 Å². The lowest BCUT2D eigenvalue weighted by atomic mass is 10.3. The Morgan fingerprint density at radius 1 is 1.41 bits per heavy atom. The van der Waals surface area contributed by atoms with Crippen LogP contribution in [-0.4, -0.2) is 50.5 Å². The normalized spacial score (nSPS) is 18.1. The van der Waals surface area contributed by atoms with Crippen LogP contribution < -0.4 is 10.0 Å². The number of sulfonamides is 1. The summed E-state index contributed by atoms with van der Waals surface area (Å²) in [6.07, 6.45) is 1.76. The van der Waals surface area contributed by atoms with Crippen molar-refractivity contribution >= 4 is 28.5 Å². The van der Waals surface area contributed by atoms with E-state index in [4.69, 9.17) is 0 Å². The van der Waals surface area contributed by atoms with Crippen LogP contribution in [0.1, 0.15) is 0 Å². The number of aliphatic hydroxyl groups is 1. The average molecular weight is 324 g/mol. The van der Waals surface area contributed by atoms with E-state index in [1.807, 2.05) is 0 Å². The number of para-hydroxylation sites is 1. The molecule has 0 saturated heterocycles. The Labute approximate surface area is 128 Å². The van der Waals surface area contributed by atoms with E-state index in [1.54, 1.807) is 18.2 Å². The molecule has 1 heterocycles. The number of hydrogen-bond acceptors (Lipinski definition) is 5. The van der Waals surface area contributed by atoms with Crippen LogP contribution >= 0.6 is 0 Å². The standard InChI is InChI=1S/C13H16N4O4S/c1-14-10-4-2-3-5-11(10)22(20,21)15-7-9-17-8-6-12(18)16-13(17)19/h2-6,8,12,15,18H,1,7,9H2,(H,16,19). The summed E-state index contributed by atoms with van der Waals surface area (Å²) >= 11 is 0. The summed E-state index contributed by atoms with van der Waals surface area (Å²) in [5.74, 6) is 0. The second-order valence-corrected chi connectivity index (χ2v) is 6.19. The molecule has 22 heavy (non-hydrogen) atoms. The number of amides is 2. The molecule has 3 N–H and O–H groups in total. The first-order valence-electron chi connectivity index (χ1n) is 6.43. The first kappa shape index (κ1) is 16.1. The highest BCUT2D eigenvalue weighted by Gasteiger charge is 2.20. The highest BCUT2D eigenvalue weighted by Crippen LogP contribution is 2.22. The number of rotatable bonds is 6. The number of benzene rings is 1. The van der Waals surface area contributed by atoms with Gasteiger partial charge in [-0.15, -0.1) is 0 Å². The van der Waals surface area contributed by atoms with Crippen molar-refractivity contribution in [3.63, 3.8) is 0 Å². The van der Waals surface area contributed by atoms with Crippen LogP contribution in [0.2, 0.25) is 0 Å². The summed E-state index contributed by atoms with van der Waals surface area (Å²) in [4.78, 5) is 16.5. The van der Waals surface area contributed by atoms with Gasteiger partial charge in [0.25, 0.3) is 0 Å². The third-order valence-electron chi connectivity index (χ3n) is 2.95. The summed E-state index contributed by atoms with van der Waals surface area (Å²) < 4.78 is 26.8. The zero-order valence-corrected chi connectivity index (χ0v) is 12.5. The van der Waals surface area contributed by atoms with Gasteiger partial charge in [0.15, 0.2) is 0 Å². The van der Waals surface area contributed by atoms with Crippen LogP contribution in [0, 0.1) is 0 Å². The number of aliphatic imine (C=N–C) groups is 1. The maximum atomic E-state index is 12.2. The van der Waals surface area contributed by atoms with Crippen LogP contribution in [0.4, 0.5) is 10.5 Å². The maximum Gasteiger partial charge on any atom is 0.323 e. The number of hydrogen-bond donors (Lipinski definition) is 3. The summed E-state index contributed by atoms with van der Waals surface area (Å²) in [5.41, 5.74) is 0.258. The summed E-state index contributed by atoms with van der Waals surface area (Å²) in [6, 6.07) is 5.73. The van der Waals surface area contributed by atoms with Crippen LogP contribution in [0.3, 0.4) is 0 Å². The minimum atomic E-state index is -3.75. The number of aliphatic hydroxyl groups excluding tert-OH is 1. The first-order chi connectivity index (χ1) is 10.4. The molecule has 0 radical (unpaired) electrons. The molecule has 0 fully saturated rings. The third-order valence-corrected chi connectivity index (χ3v) is 4.46. The highest BCUT2D eigenvalue weighted by molar-refractivity contribution is 7.89. The molecule has 1 unspecified atom stereocenters. The molecule has 2 amide bonds. The Balaban J connectivity index is 2.00. The molecular weight excluding hydrogens is 308 g/mol. The molecule has 0 saturated carbocycles. The van der Waals surface area contributed by atoms with Gasteiger partial charge in [-0.3, -0.25) is 9.89 Å². The molecule has 0 aromatic heterocycles. The van der Waals surface area contributed by atoms with E-state index in [2.05, 4.69) is 21.7 Å². The molecule has 2 rings (SSSR count). The lowest BCUT2D eigenvalue weighted by Crippen LogP contribution is -2.47. The Morgan fingerprint density at radius 3 is 2.82 bits per heavy atom. The number of carbonyl (C=O) groups excluding carboxylic acids is 1. The first-order valence-corrected chi connectivity index (χ1v) is 7.91. The van der Waals surface area contributed by atoms with E-state index >= 15 is 0 Å². The number of urea groups is 1. The molecule has 8 nitrogen and oxygen atoms in total. The van der Waals surface area contributed by atoms with E-state index in [9.17, 15) is 18.3 Å². The van der Waals surface area contributed by atoms with Crippen LogP contribution in [0.25, 0.3) is 0 Å². The smallest absolute Gasteiger partial charge is 0.323 e. The average Bonchev–Trinajstić information content (AvgIpc) is 2.49. The summed E-state index contributed by atoms with van der Waals surface area (Å²) in [6.45, 7) is 3.48. The van der Waals surface area contributed by atoms with Gasteiger partial charge in [-0.25, -0.2) is 17.9 Å². The van der Waals surface area contributed by atoms with E-state index in [-0.39, 0.29) is 23.7 Å². The van der Waals surface area contributed by atoms with Gasteiger partial charge in [-0.1, -0.05) is 12.1 Å². The zero-order chi connectivity index (χ0) is 16.2. The molecule has 1 aromatic rings. The van der Waals surface area contributed by atoms with Crippen molar-refractivity contribution in [1.82, 2.24) is 14.9 Å². The molecule has 1 aliphatic heterocycles. The van der Waals surface area contributed by atoms with Crippen molar-refractivity contribution in [2.24, 2.45) is 4.99 Å². The van der Waals surface area contributed by atoms with Crippen molar-refractivity contribution in [1.29, 1.82) is 0 Å². The van der Waals surface area contributed by atoms with Crippen LogP contribution in [-0.2, 0) is 10.0 Å². The highest BCUT2D eigenvalue weighted by atomic mass is 32.2. The van der Waals surface area contributed by atoms with Crippen molar-refractivity contribution in [2.45, 2.75) is 11.1 Å². The molecule has 0 spiro atoms. The Kier molecular flexibility index (Phi) is 4.91. The summed E-state index contributed by atoms with van der Waals surface area (Å²) in [7, 11) is -3.75.